The van der Waals surface area contributed by atoms with Gasteiger partial charge in [-0.1, -0.05) is 135 Å². The summed E-state index contributed by atoms with van der Waals surface area (Å²) in [6.07, 6.45) is 5.31. The number of rotatable bonds is 7. The minimum absolute atomic E-state index is 0.447. The molecule has 6 aromatic rings. The van der Waals surface area contributed by atoms with E-state index < -0.39 is 18.3 Å². The molecule has 7 rings (SSSR count). The molecule has 0 amide bonds. The summed E-state index contributed by atoms with van der Waals surface area (Å²) in [5.74, 6) is 1.73. The van der Waals surface area contributed by atoms with Crippen LogP contribution >= 0.6 is 0 Å². The summed E-state index contributed by atoms with van der Waals surface area (Å²) in [7, 11) is -0.487. The number of benzene rings is 5. The van der Waals surface area contributed by atoms with Crippen molar-refractivity contribution in [2.45, 2.75) is 38.9 Å². The van der Waals surface area contributed by atoms with E-state index in [9.17, 15) is 0 Å². The summed E-state index contributed by atoms with van der Waals surface area (Å²) in [5.41, 5.74) is 5.00. The summed E-state index contributed by atoms with van der Waals surface area (Å²) >= 11 is 0. The Labute approximate surface area is 276 Å². The van der Waals surface area contributed by atoms with E-state index >= 15 is 0 Å². The van der Waals surface area contributed by atoms with Gasteiger partial charge in [0.05, 0.1) is 11.2 Å². The van der Waals surface area contributed by atoms with Crippen LogP contribution in [0.15, 0.2) is 135 Å². The van der Waals surface area contributed by atoms with Crippen LogP contribution in [0.25, 0.3) is 61.0 Å². The molecule has 5 nitrogen and oxygen atoms in total. The summed E-state index contributed by atoms with van der Waals surface area (Å²) in [6.45, 7) is 16.2. The lowest BCUT2D eigenvalue weighted by molar-refractivity contribution is 0.00578. The lowest BCUT2D eigenvalue weighted by Crippen LogP contribution is -2.41. The Kier molecular flexibility index (Phi) is 7.71. The predicted octanol–water partition coefficient (Wildman–Crippen LogP) is 9.23. The molecule has 1 fully saturated rings. The minimum Gasteiger partial charge on any atom is -0.399 e. The molecule has 0 spiro atoms. The molecule has 0 radical (unpaired) electrons. The average molecular weight is 614 g/mol. The third-order valence-corrected chi connectivity index (χ3v) is 9.34. The third-order valence-electron chi connectivity index (χ3n) is 9.34. The van der Waals surface area contributed by atoms with Gasteiger partial charge in [-0.15, -0.1) is 0 Å². The van der Waals surface area contributed by atoms with Crippen LogP contribution < -0.4 is 5.46 Å². The molecule has 6 heteroatoms. The van der Waals surface area contributed by atoms with Crippen molar-refractivity contribution in [2.24, 2.45) is 0 Å². The van der Waals surface area contributed by atoms with Gasteiger partial charge in [0.25, 0.3) is 0 Å². The second-order valence-corrected chi connectivity index (χ2v) is 12.8. The fourth-order valence-electron chi connectivity index (χ4n) is 6.19. The quantitative estimate of drug-likeness (QED) is 0.102. The van der Waals surface area contributed by atoms with Gasteiger partial charge >= 0.3 is 7.12 Å². The molecule has 230 valence electrons. The highest BCUT2D eigenvalue weighted by atomic mass is 16.7. The largest absolute Gasteiger partial charge is 0.496 e. The van der Waals surface area contributed by atoms with Crippen molar-refractivity contribution in [1.29, 1.82) is 0 Å². The van der Waals surface area contributed by atoms with E-state index in [-0.39, 0.29) is 0 Å². The van der Waals surface area contributed by atoms with E-state index in [1.165, 1.54) is 0 Å². The van der Waals surface area contributed by atoms with Gasteiger partial charge in [0, 0.05) is 16.7 Å². The number of allylic oxidation sites excluding steroid dienone is 4. The van der Waals surface area contributed by atoms with Crippen molar-refractivity contribution >= 4 is 39.7 Å². The van der Waals surface area contributed by atoms with E-state index in [2.05, 4.69) is 114 Å². The highest BCUT2D eigenvalue weighted by Crippen LogP contribution is 2.41. The van der Waals surface area contributed by atoms with Crippen molar-refractivity contribution in [2.75, 3.05) is 0 Å². The zero-order chi connectivity index (χ0) is 32.8. The molecular weight excluding hydrogens is 577 g/mol. The first-order chi connectivity index (χ1) is 22.7. The van der Waals surface area contributed by atoms with Crippen LogP contribution in [0.2, 0.25) is 0 Å². The van der Waals surface area contributed by atoms with Crippen molar-refractivity contribution in [1.82, 2.24) is 15.0 Å². The highest BCUT2D eigenvalue weighted by Gasteiger charge is 2.52. The maximum atomic E-state index is 6.61. The van der Waals surface area contributed by atoms with E-state index in [1.54, 1.807) is 12.2 Å². The zero-order valence-corrected chi connectivity index (χ0v) is 27.2. The first-order valence-electron chi connectivity index (χ1n) is 15.9. The molecule has 1 saturated heterocycles. The lowest BCUT2D eigenvalue weighted by Gasteiger charge is -2.32. The summed E-state index contributed by atoms with van der Waals surface area (Å²) < 4.78 is 13.2. The summed E-state index contributed by atoms with van der Waals surface area (Å²) in [6, 6.07) is 35.5. The Morgan fingerprint density at radius 3 is 1.57 bits per heavy atom. The van der Waals surface area contributed by atoms with E-state index in [4.69, 9.17) is 24.3 Å². The van der Waals surface area contributed by atoms with E-state index in [0.717, 1.165) is 54.8 Å². The molecule has 1 aromatic heterocycles. The smallest absolute Gasteiger partial charge is 0.399 e. The lowest BCUT2D eigenvalue weighted by atomic mass is 9.71. The minimum atomic E-state index is -0.487. The number of aromatic nitrogens is 3. The molecular formula is C41H36BN3O2. The van der Waals surface area contributed by atoms with Crippen molar-refractivity contribution in [3.05, 3.63) is 140 Å². The Morgan fingerprint density at radius 1 is 0.596 bits per heavy atom. The van der Waals surface area contributed by atoms with Crippen LogP contribution in [-0.4, -0.2) is 33.3 Å². The fraction of sp³-hybridized carbons (Fsp3) is 0.146. The average Bonchev–Trinajstić information content (AvgIpc) is 3.31. The van der Waals surface area contributed by atoms with E-state index in [1.807, 2.05) is 36.4 Å². The number of fused-ring (bicyclic) bond motifs is 2. The maximum absolute atomic E-state index is 6.61. The Morgan fingerprint density at radius 2 is 1.06 bits per heavy atom. The zero-order valence-electron chi connectivity index (χ0n) is 27.2. The number of hydrogen-bond acceptors (Lipinski definition) is 5. The first-order valence-corrected chi connectivity index (χ1v) is 15.9. The molecule has 0 bridgehead atoms. The Hall–Kier alpha value is -5.17. The van der Waals surface area contributed by atoms with Crippen LogP contribution in [0.3, 0.4) is 0 Å². The Bertz CT molecular complexity index is 2110. The second-order valence-electron chi connectivity index (χ2n) is 12.8. The monoisotopic (exact) mass is 613 g/mol. The molecule has 2 heterocycles. The number of hydrogen-bond donors (Lipinski definition) is 0. The highest BCUT2D eigenvalue weighted by molar-refractivity contribution is 6.69. The molecule has 1 aliphatic heterocycles. The van der Waals surface area contributed by atoms with Gasteiger partial charge in [0.15, 0.2) is 17.5 Å². The van der Waals surface area contributed by atoms with Gasteiger partial charge in [-0.2, -0.15) is 0 Å². The van der Waals surface area contributed by atoms with Crippen molar-refractivity contribution in [3.63, 3.8) is 0 Å². The van der Waals surface area contributed by atoms with Crippen LogP contribution in [-0.2, 0) is 9.31 Å². The van der Waals surface area contributed by atoms with Crippen LogP contribution in [0.5, 0.6) is 0 Å². The predicted molar refractivity (Wildman–Crippen MR) is 195 cm³/mol. The van der Waals surface area contributed by atoms with Crippen molar-refractivity contribution < 1.29 is 9.31 Å². The summed E-state index contributed by atoms with van der Waals surface area (Å²) in [4.78, 5) is 14.5. The SMILES string of the molecule is C=C/C=C(\C=C)c1nc(-c2ccccc2)nc(-c2ccc(-c3c4ccccc4c(B4OC(C)(C)C(C)(C)O4)c4ccccc34)cc2)n1. The van der Waals surface area contributed by atoms with Crippen LogP contribution in [0.1, 0.15) is 33.5 Å². The molecule has 0 atom stereocenters. The maximum Gasteiger partial charge on any atom is 0.496 e. The Balaban J connectivity index is 1.38. The van der Waals surface area contributed by atoms with Gasteiger partial charge < -0.3 is 9.31 Å². The van der Waals surface area contributed by atoms with Crippen molar-refractivity contribution in [3.8, 4) is 33.9 Å². The normalized spacial score (nSPS) is 15.7. The first kappa shape index (κ1) is 30.5. The molecule has 0 unspecified atom stereocenters. The number of nitrogens with zero attached hydrogens (tertiary/aromatic N) is 3. The molecule has 0 aliphatic carbocycles. The van der Waals surface area contributed by atoms with Gasteiger partial charge in [-0.3, -0.25) is 0 Å². The van der Waals surface area contributed by atoms with E-state index in [0.29, 0.717) is 17.5 Å². The van der Waals surface area contributed by atoms with Crippen LogP contribution in [0.4, 0.5) is 0 Å². The topological polar surface area (TPSA) is 57.1 Å². The molecule has 0 saturated carbocycles. The van der Waals surface area contributed by atoms with Gasteiger partial charge in [-0.25, -0.2) is 15.0 Å². The fourth-order valence-corrected chi connectivity index (χ4v) is 6.19. The molecule has 1 aliphatic rings. The second kappa shape index (κ2) is 11.9. The van der Waals surface area contributed by atoms with Crippen LogP contribution in [0, 0.1) is 0 Å². The molecule has 0 N–H and O–H groups in total. The molecule has 47 heavy (non-hydrogen) atoms. The molecule has 5 aromatic carbocycles. The van der Waals surface area contributed by atoms with Gasteiger partial charge in [0.2, 0.25) is 0 Å². The summed E-state index contributed by atoms with van der Waals surface area (Å²) in [5, 5.41) is 4.51. The third kappa shape index (κ3) is 5.40. The van der Waals surface area contributed by atoms with Gasteiger partial charge in [-0.05, 0) is 65.8 Å². The van der Waals surface area contributed by atoms with Gasteiger partial charge in [0.1, 0.15) is 0 Å². The standard InChI is InChI=1S/C41H36BN3O2/c1-7-16-27(8-2)37-43-38(29-17-10-9-11-18-29)45-39(44-37)30-25-23-28(24-26-30)35-31-19-12-14-21-33(31)36(34-22-15-13-20-32(34)35)42-46-40(3,4)41(5,6)47-42/h7-26H,1-2H2,3-6H3/b27-16+.